The van der Waals surface area contributed by atoms with Crippen LogP contribution in [0.2, 0.25) is 0 Å². The summed E-state index contributed by atoms with van der Waals surface area (Å²) in [5.41, 5.74) is 0.768. The Hall–Kier alpha value is -0.980. The maximum Gasteiger partial charge on any atom is 0.416 e. The van der Waals surface area contributed by atoms with E-state index in [4.69, 9.17) is 0 Å². The molecule has 0 spiro atoms. The van der Waals surface area contributed by atoms with Crippen molar-refractivity contribution in [3.05, 3.63) is 56.8 Å². The third kappa shape index (κ3) is 3.12. The number of halogens is 3. The molecule has 0 aliphatic carbocycles. The predicted molar refractivity (Wildman–Crippen MR) is 79.7 cm³/mol. The number of thiophene rings is 1. The standard InChI is InChI=1S/C15H13F3OS2/c16-15(17,18)11-3-1-2-9(6-11)14(19)13-7-10-8-20-5-4-12(10)21-13/h1-3,6-7,14,19H,4-5,8H2. The average molecular weight is 330 g/mol. The summed E-state index contributed by atoms with van der Waals surface area (Å²) in [6, 6.07) is 6.85. The first-order valence-electron chi connectivity index (χ1n) is 6.49. The summed E-state index contributed by atoms with van der Waals surface area (Å²) in [7, 11) is 0. The summed E-state index contributed by atoms with van der Waals surface area (Å²) in [6.07, 6.45) is -4.41. The molecule has 1 aromatic carbocycles. The molecule has 2 heterocycles. The number of alkyl halides is 3. The Labute approximate surface area is 128 Å². The number of hydrogen-bond acceptors (Lipinski definition) is 3. The first kappa shape index (κ1) is 14.9. The molecule has 21 heavy (non-hydrogen) atoms. The molecule has 6 heteroatoms. The van der Waals surface area contributed by atoms with Gasteiger partial charge in [0.15, 0.2) is 0 Å². The van der Waals surface area contributed by atoms with E-state index in [0.29, 0.717) is 0 Å². The van der Waals surface area contributed by atoms with Crippen LogP contribution < -0.4 is 0 Å². The zero-order valence-electron chi connectivity index (χ0n) is 11.0. The summed E-state index contributed by atoms with van der Waals surface area (Å²) in [5.74, 6) is 1.98. The summed E-state index contributed by atoms with van der Waals surface area (Å²) in [5, 5.41) is 10.4. The van der Waals surface area contributed by atoms with Gasteiger partial charge < -0.3 is 5.11 Å². The van der Waals surface area contributed by atoms with Gasteiger partial charge in [-0.1, -0.05) is 12.1 Å². The molecule has 1 aliphatic rings. The molecule has 1 unspecified atom stereocenters. The van der Waals surface area contributed by atoms with E-state index in [0.717, 1.165) is 34.9 Å². The maximum atomic E-state index is 12.7. The van der Waals surface area contributed by atoms with Crippen molar-refractivity contribution >= 4 is 23.1 Å². The number of hydrogen-bond donors (Lipinski definition) is 1. The summed E-state index contributed by atoms with van der Waals surface area (Å²) in [6.45, 7) is 0. The molecule has 3 rings (SSSR count). The van der Waals surface area contributed by atoms with Gasteiger partial charge in [0.1, 0.15) is 6.10 Å². The molecule has 2 aromatic rings. The Bertz CT molecular complexity index is 625. The molecule has 1 aromatic heterocycles. The topological polar surface area (TPSA) is 20.2 Å². The molecule has 0 radical (unpaired) electrons. The van der Waals surface area contributed by atoms with Crippen LogP contribution in [0.15, 0.2) is 30.3 Å². The van der Waals surface area contributed by atoms with E-state index in [9.17, 15) is 18.3 Å². The third-order valence-corrected chi connectivity index (χ3v) is 5.74. The van der Waals surface area contributed by atoms with Gasteiger partial charge in [-0.15, -0.1) is 11.3 Å². The molecule has 1 N–H and O–H groups in total. The van der Waals surface area contributed by atoms with E-state index in [-0.39, 0.29) is 5.56 Å². The summed E-state index contributed by atoms with van der Waals surface area (Å²) < 4.78 is 38.2. The molecule has 112 valence electrons. The van der Waals surface area contributed by atoms with Crippen LogP contribution in [-0.2, 0) is 18.3 Å². The third-order valence-electron chi connectivity index (χ3n) is 3.45. The van der Waals surface area contributed by atoms with E-state index < -0.39 is 17.8 Å². The molecular weight excluding hydrogens is 317 g/mol. The lowest BCUT2D eigenvalue weighted by molar-refractivity contribution is -0.137. The Kier molecular flexibility index (Phi) is 4.03. The highest BCUT2D eigenvalue weighted by molar-refractivity contribution is 7.98. The molecule has 0 saturated heterocycles. The second-order valence-electron chi connectivity index (χ2n) is 4.93. The van der Waals surface area contributed by atoms with Gasteiger partial charge in [-0.3, -0.25) is 0 Å². The Morgan fingerprint density at radius 2 is 2.00 bits per heavy atom. The molecule has 0 saturated carbocycles. The molecule has 0 fully saturated rings. The first-order chi connectivity index (χ1) is 9.95. The SMILES string of the molecule is OC(c1cccc(C(F)(F)F)c1)c1cc2c(s1)CCSC2. The number of rotatable bonds is 2. The number of benzene rings is 1. The quantitative estimate of drug-likeness (QED) is 0.866. The van der Waals surface area contributed by atoms with Crippen molar-refractivity contribution in [2.24, 2.45) is 0 Å². The van der Waals surface area contributed by atoms with E-state index in [2.05, 4.69) is 0 Å². The fourth-order valence-corrected chi connectivity index (χ4v) is 4.74. The molecule has 1 nitrogen and oxygen atoms in total. The number of thioether (sulfide) groups is 1. The average Bonchev–Trinajstić information content (AvgIpc) is 2.89. The highest BCUT2D eigenvalue weighted by Gasteiger charge is 2.31. The van der Waals surface area contributed by atoms with Gasteiger partial charge in [0.25, 0.3) is 0 Å². The summed E-state index contributed by atoms with van der Waals surface area (Å²) in [4.78, 5) is 1.97. The van der Waals surface area contributed by atoms with Crippen molar-refractivity contribution in [2.45, 2.75) is 24.5 Å². The van der Waals surface area contributed by atoms with Crippen molar-refractivity contribution in [3.8, 4) is 0 Å². The van der Waals surface area contributed by atoms with Crippen molar-refractivity contribution in [1.82, 2.24) is 0 Å². The van der Waals surface area contributed by atoms with Crippen LogP contribution in [-0.4, -0.2) is 10.9 Å². The smallest absolute Gasteiger partial charge is 0.383 e. The van der Waals surface area contributed by atoms with Crippen molar-refractivity contribution < 1.29 is 18.3 Å². The van der Waals surface area contributed by atoms with Gasteiger partial charge in [-0.25, -0.2) is 0 Å². The van der Waals surface area contributed by atoms with Gasteiger partial charge in [-0.2, -0.15) is 24.9 Å². The number of aliphatic hydroxyl groups is 1. The largest absolute Gasteiger partial charge is 0.416 e. The minimum absolute atomic E-state index is 0.288. The molecule has 0 amide bonds. The predicted octanol–water partition coefficient (Wildman–Crippen LogP) is 4.64. The Morgan fingerprint density at radius 3 is 2.71 bits per heavy atom. The fraction of sp³-hybridized carbons (Fsp3) is 0.333. The van der Waals surface area contributed by atoms with Gasteiger partial charge in [0.2, 0.25) is 0 Å². The van der Waals surface area contributed by atoms with Crippen molar-refractivity contribution in [1.29, 1.82) is 0 Å². The maximum absolute atomic E-state index is 12.7. The van der Waals surface area contributed by atoms with Crippen LogP contribution in [0.1, 0.15) is 32.5 Å². The fourth-order valence-electron chi connectivity index (χ4n) is 2.35. The van der Waals surface area contributed by atoms with Gasteiger partial charge >= 0.3 is 6.18 Å². The van der Waals surface area contributed by atoms with Crippen LogP contribution in [0.5, 0.6) is 0 Å². The second kappa shape index (κ2) is 5.66. The minimum atomic E-state index is -4.39. The molecule has 1 aliphatic heterocycles. The molecule has 0 bridgehead atoms. The Balaban J connectivity index is 1.91. The van der Waals surface area contributed by atoms with Gasteiger partial charge in [0, 0.05) is 15.5 Å². The van der Waals surface area contributed by atoms with Crippen molar-refractivity contribution in [3.63, 3.8) is 0 Å². The van der Waals surface area contributed by atoms with E-state index in [1.165, 1.54) is 33.9 Å². The van der Waals surface area contributed by atoms with Crippen LogP contribution >= 0.6 is 23.1 Å². The normalized spacial score (nSPS) is 16.6. The summed E-state index contributed by atoms with van der Waals surface area (Å²) >= 11 is 3.35. The lowest BCUT2D eigenvalue weighted by Gasteiger charge is -2.12. The Morgan fingerprint density at radius 1 is 1.19 bits per heavy atom. The first-order valence-corrected chi connectivity index (χ1v) is 8.47. The zero-order valence-corrected chi connectivity index (χ0v) is 12.6. The number of aryl methyl sites for hydroxylation is 1. The number of aliphatic hydroxyl groups excluding tert-OH is 1. The minimum Gasteiger partial charge on any atom is -0.383 e. The van der Waals surface area contributed by atoms with Gasteiger partial charge in [-0.05, 0) is 41.5 Å². The van der Waals surface area contributed by atoms with Gasteiger partial charge in [0.05, 0.1) is 5.56 Å². The molecular formula is C15H13F3OS2. The lowest BCUT2D eigenvalue weighted by Crippen LogP contribution is -2.06. The van der Waals surface area contributed by atoms with Crippen LogP contribution in [0, 0.1) is 0 Å². The number of fused-ring (bicyclic) bond motifs is 1. The molecule has 1 atom stereocenters. The zero-order chi connectivity index (χ0) is 15.0. The van der Waals surface area contributed by atoms with E-state index >= 15 is 0 Å². The second-order valence-corrected chi connectivity index (χ2v) is 7.20. The lowest BCUT2D eigenvalue weighted by atomic mass is 10.0. The van der Waals surface area contributed by atoms with E-state index in [1.807, 2.05) is 17.8 Å². The van der Waals surface area contributed by atoms with E-state index in [1.54, 1.807) is 0 Å². The van der Waals surface area contributed by atoms with Crippen LogP contribution in [0.4, 0.5) is 13.2 Å². The highest BCUT2D eigenvalue weighted by Crippen LogP contribution is 2.37. The monoisotopic (exact) mass is 330 g/mol. The van der Waals surface area contributed by atoms with Crippen LogP contribution in [0.25, 0.3) is 0 Å². The van der Waals surface area contributed by atoms with Crippen LogP contribution in [0.3, 0.4) is 0 Å². The van der Waals surface area contributed by atoms with Crippen molar-refractivity contribution in [2.75, 3.05) is 5.75 Å². The highest BCUT2D eigenvalue weighted by atomic mass is 32.2.